The summed E-state index contributed by atoms with van der Waals surface area (Å²) in [5.41, 5.74) is 2.21. The first kappa shape index (κ1) is 15.7. The van der Waals surface area contributed by atoms with Crippen molar-refractivity contribution in [2.75, 3.05) is 13.2 Å². The van der Waals surface area contributed by atoms with Crippen molar-refractivity contribution in [3.05, 3.63) is 59.1 Å². The van der Waals surface area contributed by atoms with Gasteiger partial charge in [-0.05, 0) is 30.5 Å². The minimum Gasteiger partial charge on any atom is -0.381 e. The second-order valence-electron chi connectivity index (χ2n) is 6.20. The van der Waals surface area contributed by atoms with E-state index < -0.39 is 0 Å². The van der Waals surface area contributed by atoms with Crippen molar-refractivity contribution in [3.8, 4) is 0 Å². The van der Waals surface area contributed by atoms with E-state index in [0.717, 1.165) is 55.4 Å². The van der Waals surface area contributed by atoms with Crippen molar-refractivity contribution in [1.82, 2.24) is 14.3 Å². The molecule has 1 aliphatic rings. The molecule has 1 fully saturated rings. The second kappa shape index (κ2) is 7.01. The highest BCUT2D eigenvalue weighted by molar-refractivity contribution is 7.15. The van der Waals surface area contributed by atoms with Crippen molar-refractivity contribution < 1.29 is 9.13 Å². The van der Waals surface area contributed by atoms with Crippen molar-refractivity contribution >= 4 is 16.3 Å². The number of aromatic nitrogens is 2. The molecule has 0 N–H and O–H groups in total. The molecular formula is C18H20FN3OS. The first-order valence-corrected chi connectivity index (χ1v) is 9.13. The Kier molecular flexibility index (Phi) is 4.60. The van der Waals surface area contributed by atoms with Gasteiger partial charge in [0.25, 0.3) is 0 Å². The van der Waals surface area contributed by atoms with Gasteiger partial charge in [0.15, 0.2) is 4.96 Å². The molecule has 2 aromatic heterocycles. The molecule has 6 heteroatoms. The maximum absolute atomic E-state index is 13.2. The predicted octanol–water partition coefficient (Wildman–Crippen LogP) is 3.72. The first-order chi connectivity index (χ1) is 11.8. The zero-order chi connectivity index (χ0) is 16.4. The number of hydrogen-bond donors (Lipinski definition) is 0. The molecule has 0 amide bonds. The Labute approximate surface area is 144 Å². The van der Waals surface area contributed by atoms with Crippen LogP contribution in [0.4, 0.5) is 4.39 Å². The van der Waals surface area contributed by atoms with Crippen LogP contribution in [0.25, 0.3) is 4.96 Å². The second-order valence-corrected chi connectivity index (χ2v) is 7.07. The number of imidazole rings is 1. The van der Waals surface area contributed by atoms with Crippen LogP contribution in [0.15, 0.2) is 42.0 Å². The summed E-state index contributed by atoms with van der Waals surface area (Å²) in [6.07, 6.45) is 6.20. The Balaban J connectivity index is 1.54. The summed E-state index contributed by atoms with van der Waals surface area (Å²) in [5.74, 6) is -0.189. The van der Waals surface area contributed by atoms with E-state index in [4.69, 9.17) is 9.72 Å². The van der Waals surface area contributed by atoms with Gasteiger partial charge in [0.05, 0.1) is 5.69 Å². The third-order valence-electron chi connectivity index (χ3n) is 4.51. The van der Waals surface area contributed by atoms with Gasteiger partial charge in [-0.15, -0.1) is 11.3 Å². The zero-order valence-electron chi connectivity index (χ0n) is 13.4. The summed E-state index contributed by atoms with van der Waals surface area (Å²) in [6.45, 7) is 3.22. The molecule has 0 atom stereocenters. The SMILES string of the molecule is Fc1ccc(CN(Cc2cn3ccsc3n2)C2CCOCC2)cc1. The molecule has 0 aliphatic carbocycles. The lowest BCUT2D eigenvalue weighted by atomic mass is 10.1. The Hall–Kier alpha value is -1.76. The fourth-order valence-electron chi connectivity index (χ4n) is 3.25. The Morgan fingerprint density at radius 2 is 2.00 bits per heavy atom. The molecule has 1 saturated heterocycles. The molecule has 3 heterocycles. The highest BCUT2D eigenvalue weighted by atomic mass is 32.1. The van der Waals surface area contributed by atoms with E-state index >= 15 is 0 Å². The zero-order valence-corrected chi connectivity index (χ0v) is 14.2. The molecule has 0 bridgehead atoms. The topological polar surface area (TPSA) is 29.8 Å². The number of thiazole rings is 1. The number of halogens is 1. The van der Waals surface area contributed by atoms with E-state index in [1.165, 1.54) is 12.1 Å². The van der Waals surface area contributed by atoms with Crippen LogP contribution in [0, 0.1) is 5.82 Å². The van der Waals surface area contributed by atoms with Gasteiger partial charge in [-0.25, -0.2) is 9.37 Å². The standard InChI is InChI=1S/C18H20FN3OS/c19-15-3-1-14(2-4-15)11-22(17-5-8-23-9-6-17)13-16-12-21-7-10-24-18(21)20-16/h1-4,7,10,12,17H,5-6,8-9,11,13H2. The number of ether oxygens (including phenoxy) is 1. The molecule has 0 spiro atoms. The third-order valence-corrected chi connectivity index (χ3v) is 5.29. The first-order valence-electron chi connectivity index (χ1n) is 8.25. The summed E-state index contributed by atoms with van der Waals surface area (Å²) >= 11 is 1.65. The summed E-state index contributed by atoms with van der Waals surface area (Å²) in [4.78, 5) is 8.18. The Bertz CT molecular complexity index is 764. The van der Waals surface area contributed by atoms with Crippen molar-refractivity contribution in [3.63, 3.8) is 0 Å². The van der Waals surface area contributed by atoms with Gasteiger partial charge in [-0.2, -0.15) is 0 Å². The lowest BCUT2D eigenvalue weighted by Crippen LogP contribution is -2.38. The van der Waals surface area contributed by atoms with Gasteiger partial charge >= 0.3 is 0 Å². The van der Waals surface area contributed by atoms with E-state index in [1.807, 2.05) is 23.7 Å². The van der Waals surface area contributed by atoms with E-state index in [2.05, 4.69) is 15.5 Å². The quantitative estimate of drug-likeness (QED) is 0.706. The number of benzene rings is 1. The summed E-state index contributed by atoms with van der Waals surface area (Å²) in [6, 6.07) is 7.28. The van der Waals surface area contributed by atoms with Crippen LogP contribution >= 0.6 is 11.3 Å². The van der Waals surface area contributed by atoms with Crippen LogP contribution in [0.2, 0.25) is 0 Å². The minimum absolute atomic E-state index is 0.189. The minimum atomic E-state index is -0.189. The van der Waals surface area contributed by atoms with Crippen LogP contribution in [-0.2, 0) is 17.8 Å². The summed E-state index contributed by atoms with van der Waals surface area (Å²) in [5, 5.41) is 2.04. The normalized spacial score (nSPS) is 16.2. The van der Waals surface area contributed by atoms with Crippen molar-refractivity contribution in [2.45, 2.75) is 32.0 Å². The lowest BCUT2D eigenvalue weighted by Gasteiger charge is -2.34. The fraction of sp³-hybridized carbons (Fsp3) is 0.389. The van der Waals surface area contributed by atoms with Gasteiger partial charge in [0.2, 0.25) is 0 Å². The summed E-state index contributed by atoms with van der Waals surface area (Å²) in [7, 11) is 0. The molecule has 0 unspecified atom stereocenters. The molecule has 126 valence electrons. The highest BCUT2D eigenvalue weighted by Gasteiger charge is 2.23. The third kappa shape index (κ3) is 3.50. The molecule has 4 rings (SSSR count). The summed E-state index contributed by atoms with van der Waals surface area (Å²) < 4.78 is 20.7. The molecule has 0 saturated carbocycles. The smallest absolute Gasteiger partial charge is 0.193 e. The van der Waals surface area contributed by atoms with Crippen LogP contribution in [-0.4, -0.2) is 33.5 Å². The largest absolute Gasteiger partial charge is 0.381 e. The number of hydrogen-bond acceptors (Lipinski definition) is 4. The van der Waals surface area contributed by atoms with Crippen molar-refractivity contribution in [1.29, 1.82) is 0 Å². The molecule has 0 radical (unpaired) electrons. The van der Waals surface area contributed by atoms with Crippen molar-refractivity contribution in [2.24, 2.45) is 0 Å². The molecule has 4 nitrogen and oxygen atoms in total. The monoisotopic (exact) mass is 345 g/mol. The van der Waals surface area contributed by atoms with E-state index in [1.54, 1.807) is 11.3 Å². The molecular weight excluding hydrogens is 325 g/mol. The van der Waals surface area contributed by atoms with Crippen LogP contribution in [0.3, 0.4) is 0 Å². The number of nitrogens with zero attached hydrogens (tertiary/aromatic N) is 3. The average Bonchev–Trinajstić information content (AvgIpc) is 3.18. The van der Waals surface area contributed by atoms with Gasteiger partial charge in [0.1, 0.15) is 5.82 Å². The van der Waals surface area contributed by atoms with Gasteiger partial charge in [0, 0.05) is 50.1 Å². The number of fused-ring (bicyclic) bond motifs is 1. The maximum atomic E-state index is 13.2. The van der Waals surface area contributed by atoms with E-state index in [9.17, 15) is 4.39 Å². The molecule has 1 aromatic carbocycles. The van der Waals surface area contributed by atoms with E-state index in [0.29, 0.717) is 6.04 Å². The molecule has 3 aromatic rings. The molecule has 24 heavy (non-hydrogen) atoms. The maximum Gasteiger partial charge on any atom is 0.193 e. The lowest BCUT2D eigenvalue weighted by molar-refractivity contribution is 0.0273. The Morgan fingerprint density at radius 1 is 1.21 bits per heavy atom. The highest BCUT2D eigenvalue weighted by Crippen LogP contribution is 2.21. The number of rotatable bonds is 5. The van der Waals surface area contributed by atoms with Gasteiger partial charge in [-0.3, -0.25) is 9.30 Å². The Morgan fingerprint density at radius 3 is 2.75 bits per heavy atom. The fourth-order valence-corrected chi connectivity index (χ4v) is 3.97. The average molecular weight is 345 g/mol. The van der Waals surface area contributed by atoms with Gasteiger partial charge < -0.3 is 4.74 Å². The van der Waals surface area contributed by atoms with E-state index in [-0.39, 0.29) is 5.82 Å². The van der Waals surface area contributed by atoms with Gasteiger partial charge in [-0.1, -0.05) is 12.1 Å². The van der Waals surface area contributed by atoms with Crippen LogP contribution in [0.1, 0.15) is 24.1 Å². The predicted molar refractivity (Wildman–Crippen MR) is 92.6 cm³/mol. The van der Waals surface area contributed by atoms with Crippen LogP contribution < -0.4 is 0 Å². The van der Waals surface area contributed by atoms with Crippen LogP contribution in [0.5, 0.6) is 0 Å². The molecule has 1 aliphatic heterocycles.